The third kappa shape index (κ3) is 29.3. The van der Waals surface area contributed by atoms with E-state index >= 15 is 0 Å². The van der Waals surface area contributed by atoms with Crippen molar-refractivity contribution in [3.63, 3.8) is 0 Å². The quantitative estimate of drug-likeness (QED) is 0.0719. The van der Waals surface area contributed by atoms with Crippen LogP contribution in [0.1, 0.15) is 194 Å². The van der Waals surface area contributed by atoms with E-state index in [9.17, 15) is 9.59 Å². The summed E-state index contributed by atoms with van der Waals surface area (Å²) in [5.41, 5.74) is 0. The fourth-order valence-corrected chi connectivity index (χ4v) is 4.99. The summed E-state index contributed by atoms with van der Waals surface area (Å²) in [6.07, 6.45) is 38.5. The Balaban J connectivity index is 3.37. The van der Waals surface area contributed by atoms with Crippen LogP contribution in [0.2, 0.25) is 0 Å². The Hall–Kier alpha value is -0.920. The van der Waals surface area contributed by atoms with E-state index in [1.165, 1.54) is 153 Å². The van der Waals surface area contributed by atoms with Crippen LogP contribution in [-0.2, 0) is 9.59 Å². The molecule has 0 aromatic carbocycles. The second-order valence-electron chi connectivity index (χ2n) is 11.3. The molecule has 0 N–H and O–H groups in total. The molecule has 0 rings (SSSR count). The number of ketones is 2. The van der Waals surface area contributed by atoms with Gasteiger partial charge in [0.05, 0.1) is 0 Å². The van der Waals surface area contributed by atoms with Crippen molar-refractivity contribution < 1.29 is 9.59 Å². The molecule has 0 unspecified atom stereocenters. The first-order chi connectivity index (χ1) is 17.7. The minimum atomic E-state index is 0.122. The molecule has 0 saturated heterocycles. The smallest absolute Gasteiger partial charge is 0.155 e. The maximum absolute atomic E-state index is 12.0. The molecule has 0 heterocycles. The van der Waals surface area contributed by atoms with Crippen molar-refractivity contribution in [2.45, 2.75) is 194 Å². The van der Waals surface area contributed by atoms with Crippen molar-refractivity contribution in [2.75, 3.05) is 0 Å². The third-order valence-corrected chi connectivity index (χ3v) is 7.51. The van der Waals surface area contributed by atoms with Crippen LogP contribution in [-0.4, -0.2) is 11.6 Å². The highest BCUT2D eigenvalue weighted by Crippen LogP contribution is 2.14. The van der Waals surface area contributed by atoms with Crippen molar-refractivity contribution in [3.8, 4) is 0 Å². The average molecular weight is 505 g/mol. The molecule has 0 aromatic rings. The van der Waals surface area contributed by atoms with Gasteiger partial charge in [0.15, 0.2) is 11.6 Å². The molecule has 0 saturated carbocycles. The third-order valence-electron chi connectivity index (χ3n) is 7.51. The molecule has 2 nitrogen and oxygen atoms in total. The lowest BCUT2D eigenvalue weighted by atomic mass is 10.0. The molecule has 0 spiro atoms. The molecular weight excluding hydrogens is 440 g/mol. The first kappa shape index (κ1) is 35.1. The Morgan fingerprint density at radius 1 is 0.333 bits per heavy atom. The van der Waals surface area contributed by atoms with Crippen LogP contribution >= 0.6 is 0 Å². The van der Waals surface area contributed by atoms with Gasteiger partial charge in [0.1, 0.15) is 0 Å². The van der Waals surface area contributed by atoms with E-state index in [2.05, 4.69) is 13.8 Å². The highest BCUT2D eigenvalue weighted by atomic mass is 16.1. The van der Waals surface area contributed by atoms with E-state index in [0.717, 1.165) is 25.7 Å². The summed E-state index contributed by atoms with van der Waals surface area (Å²) in [5.74, 6) is 0.244. The molecule has 36 heavy (non-hydrogen) atoms. The number of carbonyl (C=O) groups is 2. The van der Waals surface area contributed by atoms with E-state index in [4.69, 9.17) is 0 Å². The van der Waals surface area contributed by atoms with Gasteiger partial charge < -0.3 is 0 Å². The van der Waals surface area contributed by atoms with Crippen LogP contribution < -0.4 is 0 Å². The molecule has 0 aliphatic rings. The summed E-state index contributed by atoms with van der Waals surface area (Å²) in [6, 6.07) is 0. The lowest BCUT2D eigenvalue weighted by Gasteiger charge is -2.03. The van der Waals surface area contributed by atoms with Gasteiger partial charge in [0.2, 0.25) is 0 Å². The van der Waals surface area contributed by atoms with Gasteiger partial charge in [-0.25, -0.2) is 0 Å². The normalized spacial score (nSPS) is 11.5. The molecule has 0 amide bonds. The predicted molar refractivity (Wildman–Crippen MR) is 160 cm³/mol. The van der Waals surface area contributed by atoms with Crippen molar-refractivity contribution >= 4 is 11.6 Å². The second kappa shape index (κ2) is 30.3. The van der Waals surface area contributed by atoms with Gasteiger partial charge >= 0.3 is 0 Å². The maximum atomic E-state index is 12.0. The van der Waals surface area contributed by atoms with Crippen LogP contribution in [0.4, 0.5) is 0 Å². The zero-order valence-corrected chi connectivity index (χ0v) is 24.8. The average Bonchev–Trinajstić information content (AvgIpc) is 2.88. The SMILES string of the molecule is CCCCCCCCCCCCCCCC(=O)/C=C/C(=O)CCCCCCCCCCCCCCC. The predicted octanol–water partition coefficient (Wildman–Crippen LogP) is 11.6. The largest absolute Gasteiger partial charge is 0.295 e. The fraction of sp³-hybridized carbons (Fsp3) is 0.882. The lowest BCUT2D eigenvalue weighted by Crippen LogP contribution is -1.97. The summed E-state index contributed by atoms with van der Waals surface area (Å²) in [7, 11) is 0. The molecular formula is C34H64O2. The van der Waals surface area contributed by atoms with Crippen molar-refractivity contribution in [1.82, 2.24) is 0 Å². The van der Waals surface area contributed by atoms with E-state index in [1.807, 2.05) is 0 Å². The highest BCUT2D eigenvalue weighted by Gasteiger charge is 2.01. The summed E-state index contributed by atoms with van der Waals surface area (Å²) >= 11 is 0. The molecule has 0 radical (unpaired) electrons. The Labute approximate surface area is 226 Å². The van der Waals surface area contributed by atoms with Gasteiger partial charge in [-0.15, -0.1) is 0 Å². The Morgan fingerprint density at radius 3 is 0.750 bits per heavy atom. The molecule has 0 fully saturated rings. The molecule has 0 bridgehead atoms. The number of unbranched alkanes of at least 4 members (excludes halogenated alkanes) is 24. The topological polar surface area (TPSA) is 34.1 Å². The monoisotopic (exact) mass is 504 g/mol. The van der Waals surface area contributed by atoms with E-state index in [1.54, 1.807) is 0 Å². The van der Waals surface area contributed by atoms with Crippen molar-refractivity contribution in [3.05, 3.63) is 12.2 Å². The lowest BCUT2D eigenvalue weighted by molar-refractivity contribution is -0.116. The Bertz CT molecular complexity index is 449. The minimum absolute atomic E-state index is 0.122. The molecule has 0 aliphatic carbocycles. The van der Waals surface area contributed by atoms with Crippen LogP contribution in [0.3, 0.4) is 0 Å². The first-order valence-corrected chi connectivity index (χ1v) is 16.4. The summed E-state index contributed by atoms with van der Waals surface area (Å²) in [4.78, 5) is 24.0. The van der Waals surface area contributed by atoms with Gasteiger partial charge in [-0.2, -0.15) is 0 Å². The van der Waals surface area contributed by atoms with E-state index in [0.29, 0.717) is 12.8 Å². The number of hydrogen-bond acceptors (Lipinski definition) is 2. The number of carbonyl (C=O) groups excluding carboxylic acids is 2. The molecule has 0 aromatic heterocycles. The van der Waals surface area contributed by atoms with Crippen molar-refractivity contribution in [1.29, 1.82) is 0 Å². The Kier molecular flexibility index (Phi) is 29.5. The molecule has 0 atom stereocenters. The van der Waals surface area contributed by atoms with Crippen molar-refractivity contribution in [2.24, 2.45) is 0 Å². The number of rotatable bonds is 30. The summed E-state index contributed by atoms with van der Waals surface area (Å²) in [5, 5.41) is 0. The summed E-state index contributed by atoms with van der Waals surface area (Å²) < 4.78 is 0. The van der Waals surface area contributed by atoms with Crippen LogP contribution in [0.5, 0.6) is 0 Å². The molecule has 212 valence electrons. The maximum Gasteiger partial charge on any atom is 0.155 e. The fourth-order valence-electron chi connectivity index (χ4n) is 4.99. The van der Waals surface area contributed by atoms with Crippen LogP contribution in [0, 0.1) is 0 Å². The van der Waals surface area contributed by atoms with Crippen LogP contribution in [0.25, 0.3) is 0 Å². The van der Waals surface area contributed by atoms with Gasteiger partial charge in [-0.1, -0.05) is 168 Å². The number of hydrogen-bond donors (Lipinski definition) is 0. The molecule has 0 aliphatic heterocycles. The van der Waals surface area contributed by atoms with Gasteiger partial charge in [-0.05, 0) is 25.0 Å². The zero-order valence-electron chi connectivity index (χ0n) is 24.8. The van der Waals surface area contributed by atoms with E-state index < -0.39 is 0 Å². The highest BCUT2D eigenvalue weighted by molar-refractivity contribution is 5.98. The second-order valence-corrected chi connectivity index (χ2v) is 11.3. The minimum Gasteiger partial charge on any atom is -0.295 e. The Morgan fingerprint density at radius 2 is 0.528 bits per heavy atom. The van der Waals surface area contributed by atoms with E-state index in [-0.39, 0.29) is 11.6 Å². The summed E-state index contributed by atoms with van der Waals surface area (Å²) in [6.45, 7) is 4.55. The standard InChI is InChI=1S/C34H64O2/c1-3-5-7-9-11-13-15-17-19-21-23-25-27-29-33(35)31-32-34(36)30-28-26-24-22-20-18-16-14-12-10-8-6-4-2/h31-32H,3-30H2,1-2H3/b32-31+. The zero-order chi connectivity index (χ0) is 26.4. The van der Waals surface area contributed by atoms with Gasteiger partial charge in [0.25, 0.3) is 0 Å². The van der Waals surface area contributed by atoms with Gasteiger partial charge in [-0.3, -0.25) is 9.59 Å². The molecule has 2 heteroatoms. The van der Waals surface area contributed by atoms with Crippen LogP contribution in [0.15, 0.2) is 12.2 Å². The first-order valence-electron chi connectivity index (χ1n) is 16.4. The number of allylic oxidation sites excluding steroid dienone is 2. The van der Waals surface area contributed by atoms with Gasteiger partial charge in [0, 0.05) is 12.8 Å².